The third-order valence-electron chi connectivity index (χ3n) is 3.38. The van der Waals surface area contributed by atoms with Crippen LogP contribution in [-0.2, 0) is 6.42 Å². The van der Waals surface area contributed by atoms with Crippen molar-refractivity contribution in [3.8, 4) is 5.88 Å². The van der Waals surface area contributed by atoms with Crippen molar-refractivity contribution in [2.75, 3.05) is 19.0 Å². The number of anilines is 1. The van der Waals surface area contributed by atoms with Crippen molar-refractivity contribution in [2.24, 2.45) is 0 Å². The summed E-state index contributed by atoms with van der Waals surface area (Å²) in [5.41, 5.74) is 3.34. The Morgan fingerprint density at radius 3 is 2.86 bits per heavy atom. The summed E-state index contributed by atoms with van der Waals surface area (Å²) in [7, 11) is 1.62. The molecule has 0 aliphatic rings. The Hall–Kier alpha value is -2.62. The summed E-state index contributed by atoms with van der Waals surface area (Å²) in [5.74, 6) is 0.617. The summed E-state index contributed by atoms with van der Waals surface area (Å²) in [6.45, 7) is 0.836. The quantitative estimate of drug-likeness (QED) is 0.778. The zero-order valence-electron chi connectivity index (χ0n) is 11.9. The Balaban J connectivity index is 1.69. The van der Waals surface area contributed by atoms with Gasteiger partial charge in [0.2, 0.25) is 5.88 Å². The molecule has 0 amide bonds. The van der Waals surface area contributed by atoms with E-state index in [1.807, 2.05) is 24.4 Å². The maximum Gasteiger partial charge on any atom is 0.214 e. The molecule has 0 aliphatic heterocycles. The third-order valence-corrected chi connectivity index (χ3v) is 3.38. The normalized spacial score (nSPS) is 10.5. The predicted octanol–water partition coefficient (Wildman–Crippen LogP) is 3.29. The van der Waals surface area contributed by atoms with Gasteiger partial charge in [0.15, 0.2) is 0 Å². The van der Waals surface area contributed by atoms with Crippen LogP contribution >= 0.6 is 0 Å². The number of aromatic nitrogens is 2. The summed E-state index contributed by atoms with van der Waals surface area (Å²) in [6.07, 6.45) is 4.49. The Bertz CT molecular complexity index is 737. The minimum atomic E-state index is 0.617. The lowest BCUT2D eigenvalue weighted by Crippen LogP contribution is -2.05. The Morgan fingerprint density at radius 2 is 1.95 bits per heavy atom. The number of fused-ring (bicyclic) bond motifs is 1. The molecule has 3 aromatic rings. The van der Waals surface area contributed by atoms with Gasteiger partial charge in [0.25, 0.3) is 0 Å². The van der Waals surface area contributed by atoms with Gasteiger partial charge in [-0.3, -0.25) is 4.98 Å². The third kappa shape index (κ3) is 3.11. The van der Waals surface area contributed by atoms with Crippen LogP contribution in [0.5, 0.6) is 5.88 Å². The first kappa shape index (κ1) is 13.4. The number of hydrogen-bond donors (Lipinski definition) is 1. The minimum Gasteiger partial charge on any atom is -0.481 e. The van der Waals surface area contributed by atoms with Crippen LogP contribution in [0.4, 0.5) is 5.69 Å². The van der Waals surface area contributed by atoms with Gasteiger partial charge in [0, 0.05) is 36.1 Å². The molecule has 2 heterocycles. The number of nitrogens with one attached hydrogen (secondary N) is 1. The highest BCUT2D eigenvalue weighted by molar-refractivity contribution is 5.81. The monoisotopic (exact) mass is 279 g/mol. The highest BCUT2D eigenvalue weighted by Crippen LogP contribution is 2.17. The first-order valence-corrected chi connectivity index (χ1v) is 6.93. The van der Waals surface area contributed by atoms with Gasteiger partial charge in [-0.05, 0) is 24.1 Å². The van der Waals surface area contributed by atoms with Crippen LogP contribution in [0.3, 0.4) is 0 Å². The molecule has 21 heavy (non-hydrogen) atoms. The number of hydrogen-bond acceptors (Lipinski definition) is 4. The van der Waals surface area contributed by atoms with E-state index < -0.39 is 0 Å². The van der Waals surface area contributed by atoms with Crippen molar-refractivity contribution in [3.63, 3.8) is 0 Å². The lowest BCUT2D eigenvalue weighted by molar-refractivity contribution is 0.398. The largest absolute Gasteiger partial charge is 0.481 e. The first-order chi connectivity index (χ1) is 10.4. The van der Waals surface area contributed by atoms with E-state index in [-0.39, 0.29) is 0 Å². The zero-order valence-corrected chi connectivity index (χ0v) is 11.9. The van der Waals surface area contributed by atoms with Crippen LogP contribution in [-0.4, -0.2) is 23.6 Å². The average molecular weight is 279 g/mol. The molecule has 4 nitrogen and oxygen atoms in total. The summed E-state index contributed by atoms with van der Waals surface area (Å²) in [6, 6.07) is 14.2. The van der Waals surface area contributed by atoms with E-state index >= 15 is 0 Å². The van der Waals surface area contributed by atoms with Crippen LogP contribution in [0.15, 0.2) is 54.9 Å². The van der Waals surface area contributed by atoms with Crippen LogP contribution in [0.2, 0.25) is 0 Å². The highest BCUT2D eigenvalue weighted by atomic mass is 16.5. The topological polar surface area (TPSA) is 47.0 Å². The maximum absolute atomic E-state index is 5.12. The van der Waals surface area contributed by atoms with Crippen molar-refractivity contribution >= 4 is 16.6 Å². The minimum absolute atomic E-state index is 0.617. The van der Waals surface area contributed by atoms with Crippen LogP contribution in [0.1, 0.15) is 5.56 Å². The second-order valence-corrected chi connectivity index (χ2v) is 4.76. The molecule has 2 aromatic heterocycles. The number of pyridine rings is 2. The maximum atomic E-state index is 5.12. The predicted molar refractivity (Wildman–Crippen MR) is 84.7 cm³/mol. The molecule has 0 spiro atoms. The van der Waals surface area contributed by atoms with Crippen molar-refractivity contribution in [2.45, 2.75) is 6.42 Å². The fraction of sp³-hybridized carbons (Fsp3) is 0.176. The van der Waals surface area contributed by atoms with Gasteiger partial charge >= 0.3 is 0 Å². The van der Waals surface area contributed by atoms with Crippen LogP contribution in [0.25, 0.3) is 10.9 Å². The first-order valence-electron chi connectivity index (χ1n) is 6.93. The molecule has 0 radical (unpaired) electrons. The SMILES string of the molecule is COc1cc(NCCc2cccc3cccnc23)ccn1. The number of rotatable bonds is 5. The lowest BCUT2D eigenvalue weighted by atomic mass is 10.1. The fourth-order valence-corrected chi connectivity index (χ4v) is 2.34. The van der Waals surface area contributed by atoms with Gasteiger partial charge < -0.3 is 10.1 Å². The van der Waals surface area contributed by atoms with E-state index in [2.05, 4.69) is 39.6 Å². The molecule has 1 aromatic carbocycles. The summed E-state index contributed by atoms with van der Waals surface area (Å²) < 4.78 is 5.12. The van der Waals surface area contributed by atoms with Gasteiger partial charge in [-0.25, -0.2) is 4.98 Å². The number of benzene rings is 1. The molecule has 0 fully saturated rings. The second kappa shape index (κ2) is 6.22. The lowest BCUT2D eigenvalue weighted by Gasteiger charge is -2.09. The molecule has 4 heteroatoms. The molecule has 106 valence electrons. The van der Waals surface area contributed by atoms with Gasteiger partial charge in [-0.1, -0.05) is 24.3 Å². The van der Waals surface area contributed by atoms with Gasteiger partial charge in [0.05, 0.1) is 12.6 Å². The Labute approximate surface area is 123 Å². The number of para-hydroxylation sites is 1. The van der Waals surface area contributed by atoms with E-state index in [1.54, 1.807) is 13.3 Å². The van der Waals surface area contributed by atoms with E-state index in [9.17, 15) is 0 Å². The standard InChI is InChI=1S/C17H17N3O/c1-21-16-12-15(8-11-19-16)18-10-7-14-5-2-4-13-6-3-9-20-17(13)14/h2-6,8-9,11-12H,7,10H2,1H3,(H,18,19). The average Bonchev–Trinajstić information content (AvgIpc) is 2.55. The number of methoxy groups -OCH3 is 1. The van der Waals surface area contributed by atoms with Crippen molar-refractivity contribution < 1.29 is 4.74 Å². The summed E-state index contributed by atoms with van der Waals surface area (Å²) in [4.78, 5) is 8.57. The number of ether oxygens (including phenoxy) is 1. The van der Waals surface area contributed by atoms with Crippen molar-refractivity contribution in [1.29, 1.82) is 0 Å². The highest BCUT2D eigenvalue weighted by Gasteiger charge is 2.02. The van der Waals surface area contributed by atoms with Gasteiger partial charge in [-0.15, -0.1) is 0 Å². The summed E-state index contributed by atoms with van der Waals surface area (Å²) >= 11 is 0. The Kier molecular flexibility index (Phi) is 3.96. The van der Waals surface area contributed by atoms with Crippen molar-refractivity contribution in [3.05, 3.63) is 60.4 Å². The van der Waals surface area contributed by atoms with E-state index in [4.69, 9.17) is 4.74 Å². The van der Waals surface area contributed by atoms with Crippen LogP contribution < -0.4 is 10.1 Å². The smallest absolute Gasteiger partial charge is 0.214 e. The molecular formula is C17H17N3O. The molecule has 3 rings (SSSR count). The van der Waals surface area contributed by atoms with Crippen molar-refractivity contribution in [1.82, 2.24) is 9.97 Å². The number of nitrogens with zero attached hydrogens (tertiary/aromatic N) is 2. The molecular weight excluding hydrogens is 262 g/mol. The van der Waals surface area contributed by atoms with Crippen LogP contribution in [0, 0.1) is 0 Å². The summed E-state index contributed by atoms with van der Waals surface area (Å²) in [5, 5.41) is 4.57. The molecule has 0 unspecified atom stereocenters. The molecule has 0 saturated carbocycles. The Morgan fingerprint density at radius 1 is 1.05 bits per heavy atom. The second-order valence-electron chi connectivity index (χ2n) is 4.76. The molecule has 0 saturated heterocycles. The van der Waals surface area contributed by atoms with E-state index in [0.29, 0.717) is 5.88 Å². The molecule has 0 bridgehead atoms. The zero-order chi connectivity index (χ0) is 14.5. The van der Waals surface area contributed by atoms with Gasteiger partial charge in [-0.2, -0.15) is 0 Å². The molecule has 1 N–H and O–H groups in total. The van der Waals surface area contributed by atoms with E-state index in [1.165, 1.54) is 10.9 Å². The van der Waals surface area contributed by atoms with E-state index in [0.717, 1.165) is 24.2 Å². The molecule has 0 atom stereocenters. The fourth-order valence-electron chi connectivity index (χ4n) is 2.34. The van der Waals surface area contributed by atoms with Gasteiger partial charge in [0.1, 0.15) is 0 Å². The molecule has 0 aliphatic carbocycles.